The quantitative estimate of drug-likeness (QED) is 0.623. The monoisotopic (exact) mass is 265 g/mol. The van der Waals surface area contributed by atoms with Gasteiger partial charge >= 0.3 is 5.97 Å². The molecule has 0 fully saturated rings. The first-order valence-corrected chi connectivity index (χ1v) is 6.44. The third-order valence-corrected chi connectivity index (χ3v) is 3.07. The molecule has 2 nitrogen and oxygen atoms in total. The molecule has 20 heavy (non-hydrogen) atoms. The van der Waals surface area contributed by atoms with Gasteiger partial charge in [-0.15, -0.1) is 0 Å². The summed E-state index contributed by atoms with van der Waals surface area (Å²) in [6, 6.07) is 17.6. The van der Waals surface area contributed by atoms with Crippen LogP contribution in [0.5, 0.6) is 0 Å². The minimum atomic E-state index is -0.308. The predicted molar refractivity (Wildman–Crippen MR) is 81.0 cm³/mol. The van der Waals surface area contributed by atoms with Gasteiger partial charge in [-0.2, -0.15) is 0 Å². The fourth-order valence-electron chi connectivity index (χ4n) is 1.99. The fraction of sp³-hybridized carbons (Fsp3) is 0.111. The van der Waals surface area contributed by atoms with Crippen molar-refractivity contribution in [3.8, 4) is 0 Å². The minimum absolute atomic E-state index is 0.308. The summed E-state index contributed by atoms with van der Waals surface area (Å²) in [6.07, 6.45) is 2.39. The van der Waals surface area contributed by atoms with Gasteiger partial charge in [-0.05, 0) is 29.7 Å². The molecule has 0 N–H and O–H groups in total. The summed E-state index contributed by atoms with van der Waals surface area (Å²) >= 11 is 0. The summed E-state index contributed by atoms with van der Waals surface area (Å²) in [6.45, 7) is 3.97. The van der Waals surface area contributed by atoms with Gasteiger partial charge in [-0.3, -0.25) is 0 Å². The lowest BCUT2D eigenvalue weighted by Gasteiger charge is -2.07. The highest BCUT2D eigenvalue weighted by molar-refractivity contribution is 5.94. The van der Waals surface area contributed by atoms with Gasteiger partial charge in [0.05, 0.1) is 7.11 Å². The number of carbonyl (C=O) groups excluding carboxylic acids is 1. The molecule has 0 aliphatic carbocycles. The second-order valence-corrected chi connectivity index (χ2v) is 4.52. The van der Waals surface area contributed by atoms with E-state index in [1.165, 1.54) is 7.11 Å². The van der Waals surface area contributed by atoms with E-state index in [9.17, 15) is 4.79 Å². The molecule has 0 spiro atoms. The summed E-state index contributed by atoms with van der Waals surface area (Å²) in [5, 5.41) is 0. The third-order valence-electron chi connectivity index (χ3n) is 3.07. The van der Waals surface area contributed by atoms with E-state index in [0.29, 0.717) is 12.0 Å². The molecule has 2 aromatic carbocycles. The lowest BCUT2D eigenvalue weighted by molar-refractivity contribution is -0.136. The Hall–Kier alpha value is -2.35. The number of methoxy groups -OCH3 is 1. The van der Waals surface area contributed by atoms with Crippen LogP contribution in [0.1, 0.15) is 16.7 Å². The van der Waals surface area contributed by atoms with E-state index in [1.807, 2.05) is 60.7 Å². The highest BCUT2D eigenvalue weighted by Crippen LogP contribution is 2.16. The predicted octanol–water partition coefficient (Wildman–Crippen LogP) is 3.67. The number of rotatable bonds is 4. The Bertz CT molecular complexity index is 612. The normalized spacial score (nSPS) is 11.2. The maximum absolute atomic E-state index is 11.9. The van der Waals surface area contributed by atoms with E-state index in [0.717, 1.165) is 16.7 Å². The molecule has 2 aromatic rings. The van der Waals surface area contributed by atoms with Crippen molar-refractivity contribution in [2.45, 2.75) is 6.42 Å². The highest BCUT2D eigenvalue weighted by Gasteiger charge is 2.11. The number of hydrogen-bond donors (Lipinski definition) is 0. The Labute approximate surface area is 119 Å². The molecule has 0 aromatic heterocycles. The molecule has 0 heterocycles. The molecule has 0 aliphatic rings. The fourth-order valence-corrected chi connectivity index (χ4v) is 1.99. The molecule has 0 unspecified atom stereocenters. The zero-order valence-corrected chi connectivity index (χ0v) is 11.5. The van der Waals surface area contributed by atoms with Crippen LogP contribution in [0.15, 0.2) is 60.2 Å². The Morgan fingerprint density at radius 2 is 1.75 bits per heavy atom. The molecule has 1 radical (unpaired) electrons. The molecular weight excluding hydrogens is 248 g/mol. The Morgan fingerprint density at radius 1 is 1.10 bits per heavy atom. The van der Waals surface area contributed by atoms with Crippen LogP contribution in [-0.4, -0.2) is 13.1 Å². The molecule has 101 valence electrons. The average Bonchev–Trinajstić information content (AvgIpc) is 2.49. The van der Waals surface area contributed by atoms with Gasteiger partial charge in [-0.1, -0.05) is 54.6 Å². The first-order chi connectivity index (χ1) is 9.70. The van der Waals surface area contributed by atoms with Gasteiger partial charge in [0.2, 0.25) is 0 Å². The van der Waals surface area contributed by atoms with E-state index in [2.05, 4.69) is 6.92 Å². The van der Waals surface area contributed by atoms with Crippen LogP contribution >= 0.6 is 0 Å². The smallest absolute Gasteiger partial charge is 0.334 e. The highest BCUT2D eigenvalue weighted by atomic mass is 16.5. The Balaban J connectivity index is 2.33. The van der Waals surface area contributed by atoms with Crippen LogP contribution < -0.4 is 0 Å². The topological polar surface area (TPSA) is 26.3 Å². The largest absolute Gasteiger partial charge is 0.466 e. The van der Waals surface area contributed by atoms with Gasteiger partial charge < -0.3 is 4.74 Å². The number of hydrogen-bond acceptors (Lipinski definition) is 2. The second kappa shape index (κ2) is 6.71. The standard InChI is InChI=1S/C18H17O2/c1-14-8-6-7-11-16(14)13-17(18(19)20-2)12-15-9-4-3-5-10-15/h3-11,13H,1,12H2,2H3/b17-13+. The van der Waals surface area contributed by atoms with Crippen LogP contribution in [0.4, 0.5) is 0 Å². The van der Waals surface area contributed by atoms with Crippen LogP contribution in [0.2, 0.25) is 0 Å². The summed E-state index contributed by atoms with van der Waals surface area (Å²) in [5.74, 6) is -0.308. The maximum atomic E-state index is 11.9. The van der Waals surface area contributed by atoms with Crippen molar-refractivity contribution in [3.63, 3.8) is 0 Å². The Morgan fingerprint density at radius 3 is 2.40 bits per heavy atom. The van der Waals surface area contributed by atoms with Crippen molar-refractivity contribution in [1.29, 1.82) is 0 Å². The van der Waals surface area contributed by atoms with Crippen LogP contribution in [0.25, 0.3) is 6.08 Å². The minimum Gasteiger partial charge on any atom is -0.466 e. The van der Waals surface area contributed by atoms with Gasteiger partial charge in [0, 0.05) is 12.0 Å². The third kappa shape index (κ3) is 3.58. The van der Waals surface area contributed by atoms with Crippen LogP contribution in [0.3, 0.4) is 0 Å². The van der Waals surface area contributed by atoms with Gasteiger partial charge in [0.15, 0.2) is 0 Å². The van der Waals surface area contributed by atoms with E-state index >= 15 is 0 Å². The molecule has 0 bridgehead atoms. The first kappa shape index (κ1) is 14.1. The van der Waals surface area contributed by atoms with E-state index in [-0.39, 0.29) is 5.97 Å². The number of benzene rings is 2. The van der Waals surface area contributed by atoms with Gasteiger partial charge in [0.1, 0.15) is 0 Å². The van der Waals surface area contributed by atoms with Crippen molar-refractivity contribution in [3.05, 3.63) is 83.8 Å². The first-order valence-electron chi connectivity index (χ1n) is 6.44. The van der Waals surface area contributed by atoms with Crippen LogP contribution in [0, 0.1) is 6.92 Å². The molecule has 2 rings (SSSR count). The number of ether oxygens (including phenoxy) is 1. The van der Waals surface area contributed by atoms with Gasteiger partial charge in [-0.25, -0.2) is 4.79 Å². The summed E-state index contributed by atoms with van der Waals surface area (Å²) in [7, 11) is 1.40. The van der Waals surface area contributed by atoms with Crippen molar-refractivity contribution in [2.75, 3.05) is 7.11 Å². The van der Waals surface area contributed by atoms with Crippen molar-refractivity contribution < 1.29 is 9.53 Å². The van der Waals surface area contributed by atoms with E-state index < -0.39 is 0 Å². The summed E-state index contributed by atoms with van der Waals surface area (Å²) in [5.41, 5.74) is 3.52. The zero-order chi connectivity index (χ0) is 14.4. The molecule has 0 atom stereocenters. The molecule has 0 aliphatic heterocycles. The lowest BCUT2D eigenvalue weighted by atomic mass is 10.0. The van der Waals surface area contributed by atoms with Crippen molar-refractivity contribution in [1.82, 2.24) is 0 Å². The summed E-state index contributed by atoms with van der Waals surface area (Å²) in [4.78, 5) is 11.9. The SMILES string of the molecule is [CH2]c1ccccc1/C=C(\Cc1ccccc1)C(=O)OC. The Kier molecular flexibility index (Phi) is 4.72. The molecule has 2 heteroatoms. The van der Waals surface area contributed by atoms with Crippen molar-refractivity contribution in [2.24, 2.45) is 0 Å². The molecule has 0 saturated carbocycles. The zero-order valence-electron chi connectivity index (χ0n) is 11.5. The molecule has 0 amide bonds. The molecular formula is C18H17O2. The van der Waals surface area contributed by atoms with Crippen LogP contribution in [-0.2, 0) is 16.0 Å². The lowest BCUT2D eigenvalue weighted by Crippen LogP contribution is -2.07. The maximum Gasteiger partial charge on any atom is 0.334 e. The average molecular weight is 265 g/mol. The van der Waals surface area contributed by atoms with Crippen molar-refractivity contribution >= 4 is 12.0 Å². The van der Waals surface area contributed by atoms with E-state index in [1.54, 1.807) is 0 Å². The molecule has 0 saturated heterocycles. The summed E-state index contributed by atoms with van der Waals surface area (Å²) < 4.78 is 4.87. The number of carbonyl (C=O) groups is 1. The second-order valence-electron chi connectivity index (χ2n) is 4.52. The van der Waals surface area contributed by atoms with E-state index in [4.69, 9.17) is 4.74 Å². The van der Waals surface area contributed by atoms with Gasteiger partial charge in [0.25, 0.3) is 0 Å². The number of esters is 1.